The normalized spacial score (nSPS) is 17.6. The Hall–Kier alpha value is -1.75. The van der Waals surface area contributed by atoms with Gasteiger partial charge in [0.25, 0.3) is 0 Å². The van der Waals surface area contributed by atoms with Gasteiger partial charge >= 0.3 is 6.03 Å². The van der Waals surface area contributed by atoms with Gasteiger partial charge in [0.05, 0.1) is 18.4 Å². The number of urea groups is 1. The average molecular weight is 292 g/mol. The number of methoxy groups -OCH3 is 1. The summed E-state index contributed by atoms with van der Waals surface area (Å²) in [4.78, 5) is 12.0. The molecule has 0 atom stereocenters. The highest BCUT2D eigenvalue weighted by atomic mass is 16.5. The lowest BCUT2D eigenvalue weighted by atomic mass is 9.95. The summed E-state index contributed by atoms with van der Waals surface area (Å²) in [5.41, 5.74) is -0.153. The molecule has 2 rings (SSSR count). The van der Waals surface area contributed by atoms with E-state index in [-0.39, 0.29) is 12.6 Å². The zero-order valence-corrected chi connectivity index (χ0v) is 12.5. The fourth-order valence-electron chi connectivity index (χ4n) is 2.72. The molecule has 0 bridgehead atoms. The van der Waals surface area contributed by atoms with Gasteiger partial charge in [-0.05, 0) is 25.0 Å². The third kappa shape index (κ3) is 4.63. The largest absolute Gasteiger partial charge is 0.495 e. The molecule has 3 N–H and O–H groups in total. The van der Waals surface area contributed by atoms with Gasteiger partial charge in [0, 0.05) is 6.54 Å². The number of carbonyl (C=O) groups excluding carboxylic acids is 1. The van der Waals surface area contributed by atoms with Crippen LogP contribution in [0.1, 0.15) is 38.5 Å². The lowest BCUT2D eigenvalue weighted by Crippen LogP contribution is -2.44. The fourth-order valence-corrected chi connectivity index (χ4v) is 2.72. The van der Waals surface area contributed by atoms with Gasteiger partial charge in [0.2, 0.25) is 0 Å². The molecule has 0 aliphatic heterocycles. The Morgan fingerprint density at radius 2 is 1.90 bits per heavy atom. The summed E-state index contributed by atoms with van der Waals surface area (Å²) in [7, 11) is 1.56. The predicted octanol–water partition coefficient (Wildman–Crippen LogP) is 2.90. The molecule has 1 aliphatic carbocycles. The second-order valence-corrected chi connectivity index (χ2v) is 5.65. The molecule has 0 saturated heterocycles. The minimum absolute atomic E-state index is 0.286. The molecule has 0 spiro atoms. The van der Waals surface area contributed by atoms with Crippen molar-refractivity contribution in [1.29, 1.82) is 0 Å². The maximum Gasteiger partial charge on any atom is 0.319 e. The number of benzene rings is 1. The summed E-state index contributed by atoms with van der Waals surface area (Å²) in [6, 6.07) is 6.91. The Morgan fingerprint density at radius 3 is 2.57 bits per heavy atom. The number of para-hydroxylation sites is 2. The molecule has 5 nitrogen and oxygen atoms in total. The molecule has 1 saturated carbocycles. The molecule has 1 aliphatic rings. The molecule has 0 radical (unpaired) electrons. The van der Waals surface area contributed by atoms with E-state index in [4.69, 9.17) is 4.74 Å². The zero-order valence-electron chi connectivity index (χ0n) is 12.5. The lowest BCUT2D eigenvalue weighted by Gasteiger charge is -2.26. The molecular formula is C16H24N2O3. The van der Waals surface area contributed by atoms with E-state index < -0.39 is 5.60 Å². The Balaban J connectivity index is 1.87. The first kappa shape index (κ1) is 15.6. The van der Waals surface area contributed by atoms with Crippen molar-refractivity contribution < 1.29 is 14.6 Å². The van der Waals surface area contributed by atoms with Crippen LogP contribution in [0.4, 0.5) is 10.5 Å². The second kappa shape index (κ2) is 7.31. The summed E-state index contributed by atoms with van der Waals surface area (Å²) in [5, 5.41) is 16.0. The van der Waals surface area contributed by atoms with Crippen molar-refractivity contribution in [2.75, 3.05) is 19.0 Å². The topological polar surface area (TPSA) is 70.6 Å². The maximum atomic E-state index is 12.0. The number of amides is 2. The molecule has 2 amide bonds. The molecule has 0 unspecified atom stereocenters. The highest BCUT2D eigenvalue weighted by Gasteiger charge is 2.28. The summed E-state index contributed by atoms with van der Waals surface area (Å²) in [5.74, 6) is 0.612. The average Bonchev–Trinajstić information content (AvgIpc) is 2.71. The van der Waals surface area contributed by atoms with Crippen LogP contribution in [0.15, 0.2) is 24.3 Å². The predicted molar refractivity (Wildman–Crippen MR) is 82.7 cm³/mol. The number of carbonyl (C=O) groups is 1. The summed E-state index contributed by atoms with van der Waals surface area (Å²) < 4.78 is 5.19. The van der Waals surface area contributed by atoms with Crippen molar-refractivity contribution in [3.63, 3.8) is 0 Å². The number of rotatable bonds is 4. The van der Waals surface area contributed by atoms with E-state index in [1.807, 2.05) is 12.1 Å². The van der Waals surface area contributed by atoms with Crippen LogP contribution in [0.3, 0.4) is 0 Å². The number of aliphatic hydroxyl groups is 1. The number of anilines is 1. The van der Waals surface area contributed by atoms with Crippen molar-refractivity contribution >= 4 is 11.7 Å². The van der Waals surface area contributed by atoms with E-state index in [0.717, 1.165) is 38.5 Å². The minimum Gasteiger partial charge on any atom is -0.495 e. The Bertz CT molecular complexity index is 468. The third-order valence-corrected chi connectivity index (χ3v) is 3.97. The molecule has 0 aromatic heterocycles. The molecule has 1 aromatic rings. The van der Waals surface area contributed by atoms with E-state index >= 15 is 0 Å². The first-order valence-corrected chi connectivity index (χ1v) is 7.53. The van der Waals surface area contributed by atoms with Crippen LogP contribution < -0.4 is 15.4 Å². The molecule has 116 valence electrons. The third-order valence-electron chi connectivity index (χ3n) is 3.97. The van der Waals surface area contributed by atoms with E-state index in [9.17, 15) is 9.90 Å². The van der Waals surface area contributed by atoms with Gasteiger partial charge < -0.3 is 20.5 Å². The van der Waals surface area contributed by atoms with Crippen molar-refractivity contribution in [2.24, 2.45) is 0 Å². The van der Waals surface area contributed by atoms with Gasteiger partial charge in [-0.25, -0.2) is 4.79 Å². The second-order valence-electron chi connectivity index (χ2n) is 5.65. The van der Waals surface area contributed by atoms with Crippen molar-refractivity contribution in [2.45, 2.75) is 44.1 Å². The number of hydrogen-bond donors (Lipinski definition) is 3. The van der Waals surface area contributed by atoms with Crippen molar-refractivity contribution in [3.05, 3.63) is 24.3 Å². The first-order valence-electron chi connectivity index (χ1n) is 7.53. The molecule has 1 fully saturated rings. The highest BCUT2D eigenvalue weighted by Crippen LogP contribution is 2.26. The number of ether oxygens (including phenoxy) is 1. The Labute approximate surface area is 125 Å². The van der Waals surface area contributed by atoms with Crippen LogP contribution in [-0.2, 0) is 0 Å². The summed E-state index contributed by atoms with van der Waals surface area (Å²) >= 11 is 0. The van der Waals surface area contributed by atoms with Crippen LogP contribution in [0.25, 0.3) is 0 Å². The van der Waals surface area contributed by atoms with Gasteiger partial charge in [-0.3, -0.25) is 0 Å². The van der Waals surface area contributed by atoms with E-state index in [2.05, 4.69) is 10.6 Å². The zero-order chi connectivity index (χ0) is 15.1. The van der Waals surface area contributed by atoms with Gasteiger partial charge in [0.1, 0.15) is 5.75 Å². The molecular weight excluding hydrogens is 268 g/mol. The highest BCUT2D eigenvalue weighted by molar-refractivity contribution is 5.90. The molecule has 21 heavy (non-hydrogen) atoms. The minimum atomic E-state index is -0.769. The van der Waals surface area contributed by atoms with Crippen LogP contribution in [0.5, 0.6) is 5.75 Å². The van der Waals surface area contributed by atoms with Gasteiger partial charge in [-0.2, -0.15) is 0 Å². The fraction of sp³-hybridized carbons (Fsp3) is 0.562. The van der Waals surface area contributed by atoms with Gasteiger partial charge in [0.15, 0.2) is 0 Å². The SMILES string of the molecule is COc1ccccc1NC(=O)NCC1(O)CCCCCC1. The monoisotopic (exact) mass is 292 g/mol. The Morgan fingerprint density at radius 1 is 1.24 bits per heavy atom. The van der Waals surface area contributed by atoms with Crippen molar-refractivity contribution in [3.8, 4) is 5.75 Å². The smallest absolute Gasteiger partial charge is 0.319 e. The number of nitrogens with one attached hydrogen (secondary N) is 2. The van der Waals surface area contributed by atoms with E-state index in [1.54, 1.807) is 19.2 Å². The van der Waals surface area contributed by atoms with Gasteiger partial charge in [-0.15, -0.1) is 0 Å². The molecule has 1 aromatic carbocycles. The number of hydrogen-bond acceptors (Lipinski definition) is 3. The molecule has 0 heterocycles. The van der Waals surface area contributed by atoms with Crippen LogP contribution in [0.2, 0.25) is 0 Å². The maximum absolute atomic E-state index is 12.0. The molecule has 5 heteroatoms. The standard InChI is InChI=1S/C16H24N2O3/c1-21-14-9-5-4-8-13(14)18-15(19)17-12-16(20)10-6-2-3-7-11-16/h4-5,8-9,20H,2-3,6-7,10-12H2,1H3,(H2,17,18,19). The van der Waals surface area contributed by atoms with Gasteiger partial charge in [-0.1, -0.05) is 37.8 Å². The van der Waals surface area contributed by atoms with Crippen LogP contribution in [0, 0.1) is 0 Å². The lowest BCUT2D eigenvalue weighted by molar-refractivity contribution is 0.0281. The van der Waals surface area contributed by atoms with E-state index in [0.29, 0.717) is 11.4 Å². The van der Waals surface area contributed by atoms with Crippen LogP contribution in [-0.4, -0.2) is 30.4 Å². The quantitative estimate of drug-likeness (QED) is 0.747. The summed E-state index contributed by atoms with van der Waals surface area (Å²) in [6.07, 6.45) is 5.87. The summed E-state index contributed by atoms with van der Waals surface area (Å²) in [6.45, 7) is 0.286. The first-order chi connectivity index (χ1) is 10.1. The van der Waals surface area contributed by atoms with E-state index in [1.165, 1.54) is 0 Å². The van der Waals surface area contributed by atoms with Crippen LogP contribution >= 0.6 is 0 Å². The Kier molecular flexibility index (Phi) is 5.44. The van der Waals surface area contributed by atoms with Crippen molar-refractivity contribution in [1.82, 2.24) is 5.32 Å².